The molecule has 1 N–H and O–H groups in total. The van der Waals surface area contributed by atoms with E-state index in [4.69, 9.17) is 4.74 Å². The summed E-state index contributed by atoms with van der Waals surface area (Å²) >= 11 is 1.17. The maximum atomic E-state index is 11.7. The monoisotopic (exact) mass is 330 g/mol. The van der Waals surface area contributed by atoms with Crippen LogP contribution >= 0.6 is 11.3 Å². The molecule has 0 spiro atoms. The molecule has 0 radical (unpaired) electrons. The summed E-state index contributed by atoms with van der Waals surface area (Å²) in [5, 5.41) is 0.197. The molecule has 0 atom stereocenters. The number of carbonyl (C=O) groups is 1. The molecular weight excluding hydrogens is 316 g/mol. The number of hydrogen-bond acceptors (Lipinski definition) is 7. The van der Waals surface area contributed by atoms with Crippen molar-refractivity contribution in [3.63, 3.8) is 0 Å². The number of nitrogens with zero attached hydrogens (tertiary/aromatic N) is 1. The lowest BCUT2D eigenvalue weighted by atomic mass is 10.3. The highest BCUT2D eigenvalue weighted by Gasteiger charge is 2.18. The normalized spacial score (nSPS) is 11.3. The molecule has 0 aliphatic carbocycles. The lowest BCUT2D eigenvalue weighted by Crippen LogP contribution is -2.23. The number of nitrogens with one attached hydrogen (secondary N) is 1. The number of aromatic nitrogens is 1. The average molecular weight is 330 g/mol. The van der Waals surface area contributed by atoms with Gasteiger partial charge in [0.15, 0.2) is 10.9 Å². The molecule has 1 aromatic heterocycles. The molecule has 0 bridgehead atoms. The lowest BCUT2D eigenvalue weighted by Gasteiger charge is -2.02. The summed E-state index contributed by atoms with van der Waals surface area (Å²) in [5.41, 5.74) is 0.652. The summed E-state index contributed by atoms with van der Waals surface area (Å²) in [5.74, 6) is -0.885. The van der Waals surface area contributed by atoms with E-state index >= 15 is 0 Å². The molecule has 0 amide bonds. The molecule has 7 nitrogen and oxygen atoms in total. The zero-order valence-corrected chi connectivity index (χ0v) is 13.1. The molecule has 1 heterocycles. The van der Waals surface area contributed by atoms with Crippen molar-refractivity contribution in [2.75, 3.05) is 24.2 Å². The quantitative estimate of drug-likeness (QED) is 0.809. The minimum absolute atomic E-state index is 0.197. The van der Waals surface area contributed by atoms with Gasteiger partial charge >= 0.3 is 5.97 Å². The third-order valence-corrected chi connectivity index (χ3v) is 4.63. The first-order chi connectivity index (χ1) is 9.93. The van der Waals surface area contributed by atoms with Gasteiger partial charge in [-0.3, -0.25) is 9.52 Å². The van der Waals surface area contributed by atoms with E-state index in [9.17, 15) is 13.2 Å². The molecule has 0 unspecified atom stereocenters. The zero-order valence-electron chi connectivity index (χ0n) is 11.5. The molecule has 1 aromatic carbocycles. The molecule has 0 aliphatic rings. The highest BCUT2D eigenvalue weighted by Crippen LogP contribution is 2.29. The molecule has 2 aromatic rings. The van der Waals surface area contributed by atoms with E-state index in [1.54, 1.807) is 18.2 Å². The van der Waals surface area contributed by atoms with Gasteiger partial charge in [0.25, 0.3) is 0 Å². The average Bonchev–Trinajstić information content (AvgIpc) is 2.78. The first-order valence-corrected chi connectivity index (χ1v) is 8.51. The van der Waals surface area contributed by atoms with Gasteiger partial charge in [-0.25, -0.2) is 13.4 Å². The SMILES string of the molecule is CCOc1ccc2nc(NS(=O)(=O)CC(=O)OC)sc2c1. The Morgan fingerprint density at radius 2 is 2.19 bits per heavy atom. The van der Waals surface area contributed by atoms with Crippen molar-refractivity contribution in [3.8, 4) is 5.75 Å². The molecule has 9 heteroatoms. The maximum Gasteiger partial charge on any atom is 0.322 e. The van der Waals surface area contributed by atoms with Crippen molar-refractivity contribution in [1.29, 1.82) is 0 Å². The molecule has 2 rings (SSSR count). The number of rotatable bonds is 6. The Labute approximate surface area is 125 Å². The van der Waals surface area contributed by atoms with Crippen LogP contribution in [0.5, 0.6) is 5.75 Å². The largest absolute Gasteiger partial charge is 0.494 e. The fourth-order valence-electron chi connectivity index (χ4n) is 1.59. The predicted octanol–water partition coefficient (Wildman–Crippen LogP) is 1.61. The smallest absolute Gasteiger partial charge is 0.322 e. The molecule has 0 saturated heterocycles. The van der Waals surface area contributed by atoms with E-state index < -0.39 is 21.7 Å². The molecule has 21 heavy (non-hydrogen) atoms. The molecular formula is C12H14N2O5S2. The van der Waals surface area contributed by atoms with Crippen molar-refractivity contribution in [3.05, 3.63) is 18.2 Å². The van der Waals surface area contributed by atoms with E-state index in [0.29, 0.717) is 17.9 Å². The van der Waals surface area contributed by atoms with Crippen molar-refractivity contribution >= 4 is 42.7 Å². The third-order valence-electron chi connectivity index (χ3n) is 2.45. The Bertz CT molecular complexity index is 754. The minimum Gasteiger partial charge on any atom is -0.494 e. The van der Waals surface area contributed by atoms with Crippen LogP contribution in [0.15, 0.2) is 18.2 Å². The summed E-state index contributed by atoms with van der Waals surface area (Å²) in [4.78, 5) is 15.2. The van der Waals surface area contributed by atoms with Gasteiger partial charge in [-0.15, -0.1) is 0 Å². The number of esters is 1. The van der Waals surface area contributed by atoms with Gasteiger partial charge in [0.2, 0.25) is 10.0 Å². The summed E-state index contributed by atoms with van der Waals surface area (Å²) in [6.45, 7) is 2.42. The van der Waals surface area contributed by atoms with E-state index in [0.717, 1.165) is 11.8 Å². The third kappa shape index (κ3) is 4.05. The van der Waals surface area contributed by atoms with Gasteiger partial charge in [-0.1, -0.05) is 11.3 Å². The highest BCUT2D eigenvalue weighted by atomic mass is 32.2. The minimum atomic E-state index is -3.82. The topological polar surface area (TPSA) is 94.6 Å². The maximum absolute atomic E-state index is 11.7. The fourth-order valence-corrected chi connectivity index (χ4v) is 3.69. The van der Waals surface area contributed by atoms with E-state index in [-0.39, 0.29) is 5.13 Å². The van der Waals surface area contributed by atoms with Crippen molar-refractivity contribution in [1.82, 2.24) is 4.98 Å². The van der Waals surface area contributed by atoms with Crippen LogP contribution in [0.25, 0.3) is 10.2 Å². The Hall–Kier alpha value is -1.87. The number of fused-ring (bicyclic) bond motifs is 1. The van der Waals surface area contributed by atoms with Crippen molar-refractivity contribution < 1.29 is 22.7 Å². The predicted molar refractivity (Wildman–Crippen MR) is 80.2 cm³/mol. The number of anilines is 1. The fraction of sp³-hybridized carbons (Fsp3) is 0.333. The molecule has 0 aliphatic heterocycles. The standard InChI is InChI=1S/C12H14N2O5S2/c1-3-19-8-4-5-9-10(6-8)20-12(13-9)14-21(16,17)7-11(15)18-2/h4-6H,3,7H2,1-2H3,(H,13,14). The van der Waals surface area contributed by atoms with Crippen LogP contribution in [-0.2, 0) is 19.6 Å². The van der Waals surface area contributed by atoms with E-state index in [1.165, 1.54) is 11.3 Å². The van der Waals surface area contributed by atoms with Crippen molar-refractivity contribution in [2.45, 2.75) is 6.92 Å². The number of hydrogen-bond donors (Lipinski definition) is 1. The van der Waals surface area contributed by atoms with Gasteiger partial charge in [0.05, 0.1) is 23.9 Å². The number of benzene rings is 1. The van der Waals surface area contributed by atoms with Gasteiger partial charge in [0.1, 0.15) is 5.75 Å². The number of thiazole rings is 1. The van der Waals surface area contributed by atoms with Crippen LogP contribution in [0.3, 0.4) is 0 Å². The molecule has 0 fully saturated rings. The van der Waals surface area contributed by atoms with Gasteiger partial charge in [-0.2, -0.15) is 0 Å². The number of methoxy groups -OCH3 is 1. The van der Waals surface area contributed by atoms with Gasteiger partial charge in [-0.05, 0) is 25.1 Å². The second kappa shape index (κ2) is 6.27. The molecule has 0 saturated carbocycles. The Balaban J connectivity index is 2.21. The van der Waals surface area contributed by atoms with Crippen LogP contribution in [0.2, 0.25) is 0 Å². The first kappa shape index (κ1) is 15.5. The molecule has 114 valence electrons. The number of carbonyl (C=O) groups excluding carboxylic acids is 1. The highest BCUT2D eigenvalue weighted by molar-refractivity contribution is 7.93. The second-order valence-corrected chi connectivity index (χ2v) is 6.77. The van der Waals surface area contributed by atoms with Gasteiger partial charge < -0.3 is 9.47 Å². The number of sulfonamides is 1. The number of ether oxygens (including phenoxy) is 2. The Morgan fingerprint density at radius 3 is 2.86 bits per heavy atom. The first-order valence-electron chi connectivity index (χ1n) is 6.04. The zero-order chi connectivity index (χ0) is 15.5. The van der Waals surface area contributed by atoms with Crippen LogP contribution in [0.1, 0.15) is 6.92 Å². The van der Waals surface area contributed by atoms with E-state index in [2.05, 4.69) is 14.4 Å². The van der Waals surface area contributed by atoms with Crippen LogP contribution in [0, 0.1) is 0 Å². The Kier molecular flexibility index (Phi) is 4.63. The van der Waals surface area contributed by atoms with Crippen molar-refractivity contribution in [2.24, 2.45) is 0 Å². The summed E-state index contributed by atoms with van der Waals surface area (Å²) in [6.07, 6.45) is 0. The van der Waals surface area contributed by atoms with Crippen LogP contribution < -0.4 is 9.46 Å². The lowest BCUT2D eigenvalue weighted by molar-refractivity contribution is -0.137. The van der Waals surface area contributed by atoms with Gasteiger partial charge in [0, 0.05) is 0 Å². The summed E-state index contributed by atoms with van der Waals surface area (Å²) in [6, 6.07) is 5.29. The van der Waals surface area contributed by atoms with Crippen LogP contribution in [0.4, 0.5) is 5.13 Å². The Morgan fingerprint density at radius 1 is 1.43 bits per heavy atom. The second-order valence-electron chi connectivity index (χ2n) is 4.02. The van der Waals surface area contributed by atoms with E-state index in [1.807, 2.05) is 6.92 Å². The van der Waals surface area contributed by atoms with Crippen LogP contribution in [-0.4, -0.2) is 38.8 Å². The summed E-state index contributed by atoms with van der Waals surface area (Å²) < 4.78 is 36.2. The summed E-state index contributed by atoms with van der Waals surface area (Å²) in [7, 11) is -2.69.